The van der Waals surface area contributed by atoms with Crippen molar-refractivity contribution in [3.63, 3.8) is 0 Å². The molecule has 0 aliphatic carbocycles. The number of aromatic nitrogens is 4. The number of imidazole rings is 1. The molecular weight excluding hydrogens is 428 g/mol. The van der Waals surface area contributed by atoms with E-state index in [0.717, 1.165) is 29.7 Å². The van der Waals surface area contributed by atoms with Gasteiger partial charge in [-0.05, 0) is 61.0 Å². The van der Waals surface area contributed by atoms with Crippen molar-refractivity contribution in [2.75, 3.05) is 19.3 Å². The van der Waals surface area contributed by atoms with Crippen molar-refractivity contribution in [2.24, 2.45) is 0 Å². The van der Waals surface area contributed by atoms with Crippen LogP contribution in [0.15, 0.2) is 73.1 Å². The van der Waals surface area contributed by atoms with Crippen LogP contribution >= 0.6 is 0 Å². The first-order valence-corrected chi connectivity index (χ1v) is 10.9. The lowest BCUT2D eigenvalue weighted by molar-refractivity contribution is -0.104. The second-order valence-electron chi connectivity index (χ2n) is 7.72. The molecule has 34 heavy (non-hydrogen) atoms. The Morgan fingerprint density at radius 3 is 2.62 bits per heavy atom. The zero-order valence-corrected chi connectivity index (χ0v) is 19.1. The molecule has 0 spiro atoms. The zero-order chi connectivity index (χ0) is 24.1. The number of nitrogen functional groups attached to an aromatic ring is 1. The number of carbonyl (C=O) groups is 1. The number of aldehydes is 1. The van der Waals surface area contributed by atoms with Crippen LogP contribution in [-0.2, 0) is 11.4 Å². The normalized spacial score (nSPS) is 11.9. The number of nitrogens with zero attached hydrogens (tertiary/aromatic N) is 5. The lowest BCUT2D eigenvalue weighted by atomic mass is 10.1. The second-order valence-corrected chi connectivity index (χ2v) is 7.72. The molecule has 0 aliphatic heterocycles. The van der Waals surface area contributed by atoms with Crippen LogP contribution in [0, 0.1) is 0 Å². The highest BCUT2D eigenvalue weighted by atomic mass is 16.3. The van der Waals surface area contributed by atoms with E-state index in [9.17, 15) is 9.90 Å². The van der Waals surface area contributed by atoms with Gasteiger partial charge in [0, 0.05) is 37.2 Å². The van der Waals surface area contributed by atoms with E-state index < -0.39 is 0 Å². The molecule has 0 radical (unpaired) electrons. The number of aliphatic hydroxyl groups excluding tert-OH is 1. The van der Waals surface area contributed by atoms with Gasteiger partial charge < -0.3 is 15.7 Å². The fourth-order valence-electron chi connectivity index (χ4n) is 3.57. The minimum absolute atomic E-state index is 0.0437. The third-order valence-electron chi connectivity index (χ3n) is 5.47. The Balaban J connectivity index is 1.98. The Labute approximate surface area is 197 Å². The van der Waals surface area contributed by atoms with Gasteiger partial charge in [-0.1, -0.05) is 12.1 Å². The SMILES string of the molecule is CCN(C)/C=C(\C=C/C=O)c1ccc2nc(-c3cccnc3N)n(-c3ccc(CO)cc3)c2n1. The molecule has 0 bridgehead atoms. The van der Waals surface area contributed by atoms with Crippen LogP contribution < -0.4 is 5.73 Å². The van der Waals surface area contributed by atoms with Crippen LogP contribution in [0.5, 0.6) is 0 Å². The summed E-state index contributed by atoms with van der Waals surface area (Å²) in [5.41, 5.74) is 11.3. The van der Waals surface area contributed by atoms with Crippen molar-refractivity contribution in [2.45, 2.75) is 13.5 Å². The van der Waals surface area contributed by atoms with Crippen LogP contribution in [0.4, 0.5) is 5.82 Å². The van der Waals surface area contributed by atoms with Crippen molar-refractivity contribution in [3.8, 4) is 17.1 Å². The van der Waals surface area contributed by atoms with Gasteiger partial charge in [0.05, 0.1) is 17.9 Å². The van der Waals surface area contributed by atoms with E-state index >= 15 is 0 Å². The standard InChI is InChI=1S/C26H26N6O2/c1-3-31(2)16-19(6-5-15-33)22-12-13-23-26(29-22)32(20-10-8-18(17-34)9-11-20)25(30-23)21-7-4-14-28-24(21)27/h4-16,34H,3,17H2,1-2H3,(H2,27,28)/b6-5-,19-16+. The van der Waals surface area contributed by atoms with E-state index in [1.165, 1.54) is 6.08 Å². The molecule has 172 valence electrons. The third-order valence-corrected chi connectivity index (χ3v) is 5.47. The van der Waals surface area contributed by atoms with E-state index in [2.05, 4.69) is 4.98 Å². The number of rotatable bonds is 8. The Hall–Kier alpha value is -4.30. The summed E-state index contributed by atoms with van der Waals surface area (Å²) in [4.78, 5) is 27.0. The first-order valence-electron chi connectivity index (χ1n) is 10.9. The highest BCUT2D eigenvalue weighted by Gasteiger charge is 2.19. The first kappa shape index (κ1) is 22.9. The molecule has 0 aliphatic rings. The van der Waals surface area contributed by atoms with Crippen molar-refractivity contribution >= 4 is 28.8 Å². The smallest absolute Gasteiger partial charge is 0.165 e. The van der Waals surface area contributed by atoms with Gasteiger partial charge in [0.2, 0.25) is 0 Å². The monoisotopic (exact) mass is 454 g/mol. The number of nitrogens with two attached hydrogens (primary N) is 1. The molecule has 8 nitrogen and oxygen atoms in total. The summed E-state index contributed by atoms with van der Waals surface area (Å²) in [6, 6.07) is 15.0. The van der Waals surface area contributed by atoms with Crippen molar-refractivity contribution in [1.29, 1.82) is 0 Å². The number of pyridine rings is 2. The fraction of sp³-hybridized carbons (Fsp3) is 0.154. The number of carbonyl (C=O) groups excluding carboxylic acids is 1. The van der Waals surface area contributed by atoms with Gasteiger partial charge in [0.25, 0.3) is 0 Å². The van der Waals surface area contributed by atoms with E-state index in [1.54, 1.807) is 12.3 Å². The Morgan fingerprint density at radius 1 is 1.15 bits per heavy atom. The molecule has 0 saturated carbocycles. The summed E-state index contributed by atoms with van der Waals surface area (Å²) >= 11 is 0. The van der Waals surface area contributed by atoms with Crippen LogP contribution in [0.25, 0.3) is 33.8 Å². The van der Waals surface area contributed by atoms with Crippen LogP contribution in [-0.4, -0.2) is 49.4 Å². The Morgan fingerprint density at radius 2 is 1.94 bits per heavy atom. The summed E-state index contributed by atoms with van der Waals surface area (Å²) in [7, 11) is 1.96. The predicted molar refractivity (Wildman–Crippen MR) is 134 cm³/mol. The molecular formula is C26H26N6O2. The van der Waals surface area contributed by atoms with E-state index in [4.69, 9.17) is 15.7 Å². The van der Waals surface area contributed by atoms with E-state index in [-0.39, 0.29) is 6.61 Å². The highest BCUT2D eigenvalue weighted by Crippen LogP contribution is 2.31. The number of aliphatic hydroxyl groups is 1. The van der Waals surface area contributed by atoms with E-state index in [0.29, 0.717) is 34.1 Å². The molecule has 3 heterocycles. The number of fused-ring (bicyclic) bond motifs is 1. The third kappa shape index (κ3) is 4.57. The average Bonchev–Trinajstić information content (AvgIpc) is 3.25. The second kappa shape index (κ2) is 10.1. The lowest BCUT2D eigenvalue weighted by Gasteiger charge is -2.13. The topological polar surface area (TPSA) is 110 Å². The maximum absolute atomic E-state index is 11.0. The van der Waals surface area contributed by atoms with Gasteiger partial charge in [-0.15, -0.1) is 0 Å². The van der Waals surface area contributed by atoms with Gasteiger partial charge in [-0.25, -0.2) is 15.0 Å². The highest BCUT2D eigenvalue weighted by molar-refractivity contribution is 5.85. The molecule has 4 rings (SSSR count). The molecule has 4 aromatic rings. The molecule has 1 aromatic carbocycles. The summed E-state index contributed by atoms with van der Waals surface area (Å²) < 4.78 is 1.93. The quantitative estimate of drug-likeness (QED) is 0.238. The molecule has 3 N–H and O–H groups in total. The van der Waals surface area contributed by atoms with Gasteiger partial charge in [0.1, 0.15) is 17.6 Å². The van der Waals surface area contributed by atoms with E-state index in [1.807, 2.05) is 78.2 Å². The van der Waals surface area contributed by atoms with Crippen molar-refractivity contribution in [1.82, 2.24) is 24.4 Å². The van der Waals surface area contributed by atoms with Crippen LogP contribution in [0.1, 0.15) is 18.2 Å². The van der Waals surface area contributed by atoms with Crippen molar-refractivity contribution < 1.29 is 9.90 Å². The lowest BCUT2D eigenvalue weighted by Crippen LogP contribution is -2.10. The fourth-order valence-corrected chi connectivity index (χ4v) is 3.57. The number of anilines is 1. The van der Waals surface area contributed by atoms with Gasteiger partial charge in [-0.2, -0.15) is 0 Å². The van der Waals surface area contributed by atoms with Gasteiger partial charge in [0.15, 0.2) is 11.5 Å². The summed E-state index contributed by atoms with van der Waals surface area (Å²) in [6.45, 7) is 2.81. The molecule has 0 saturated heterocycles. The van der Waals surface area contributed by atoms with Gasteiger partial charge >= 0.3 is 0 Å². The molecule has 0 amide bonds. The maximum atomic E-state index is 11.0. The molecule has 3 aromatic heterocycles. The maximum Gasteiger partial charge on any atom is 0.165 e. The molecule has 0 fully saturated rings. The molecule has 0 unspecified atom stereocenters. The van der Waals surface area contributed by atoms with Gasteiger partial charge in [-0.3, -0.25) is 9.36 Å². The zero-order valence-electron chi connectivity index (χ0n) is 19.1. The summed E-state index contributed by atoms with van der Waals surface area (Å²) in [5, 5.41) is 9.46. The van der Waals surface area contributed by atoms with Crippen molar-refractivity contribution in [3.05, 3.63) is 84.3 Å². The largest absolute Gasteiger partial charge is 0.392 e. The Kier molecular flexibility index (Phi) is 6.79. The molecule has 0 atom stereocenters. The minimum Gasteiger partial charge on any atom is -0.392 e. The number of hydrogen-bond acceptors (Lipinski definition) is 7. The average molecular weight is 455 g/mol. The van der Waals surface area contributed by atoms with Crippen LogP contribution in [0.2, 0.25) is 0 Å². The number of benzene rings is 1. The Bertz CT molecular complexity index is 1370. The minimum atomic E-state index is -0.0437. The predicted octanol–water partition coefficient (Wildman–Crippen LogP) is 3.60. The first-order chi connectivity index (χ1) is 16.5. The number of hydrogen-bond donors (Lipinski definition) is 2. The van der Waals surface area contributed by atoms with Crippen LogP contribution in [0.3, 0.4) is 0 Å². The number of allylic oxidation sites excluding steroid dienone is 3. The molecule has 8 heteroatoms. The summed E-state index contributed by atoms with van der Waals surface area (Å²) in [6.07, 6.45) is 7.52. The summed E-state index contributed by atoms with van der Waals surface area (Å²) in [5.74, 6) is 0.979.